The number of pyridine rings is 1. The number of fused-ring (bicyclic) bond motifs is 2. The predicted octanol–water partition coefficient (Wildman–Crippen LogP) is 3.51. The van der Waals surface area contributed by atoms with Crippen LogP contribution in [0.2, 0.25) is 5.02 Å². The van der Waals surface area contributed by atoms with Crippen molar-refractivity contribution in [2.24, 2.45) is 0 Å². The Morgan fingerprint density at radius 1 is 0.891 bits per heavy atom. The first-order chi connectivity index (χ1) is 30.9. The van der Waals surface area contributed by atoms with E-state index < -0.39 is 29.7 Å². The first kappa shape index (κ1) is 43.2. The highest BCUT2D eigenvalue weighted by molar-refractivity contribution is 6.33. The summed E-state index contributed by atoms with van der Waals surface area (Å²) in [5.74, 6) is -1.19. The zero-order valence-corrected chi connectivity index (χ0v) is 36.9. The highest BCUT2D eigenvalue weighted by atomic mass is 35.5. The smallest absolute Gasteiger partial charge is 0.293 e. The number of hydrogen-bond acceptors (Lipinski definition) is 14. The molecule has 2 atom stereocenters. The van der Waals surface area contributed by atoms with Crippen LogP contribution in [-0.2, 0) is 14.4 Å². The van der Waals surface area contributed by atoms with Gasteiger partial charge in [0.1, 0.15) is 11.1 Å². The molecule has 64 heavy (non-hydrogen) atoms. The van der Waals surface area contributed by atoms with Gasteiger partial charge >= 0.3 is 0 Å². The Morgan fingerprint density at radius 2 is 1.62 bits per heavy atom. The van der Waals surface area contributed by atoms with Crippen LogP contribution in [-0.4, -0.2) is 136 Å². The summed E-state index contributed by atoms with van der Waals surface area (Å²) in [5, 5.41) is 9.23. The van der Waals surface area contributed by atoms with E-state index in [4.69, 9.17) is 21.3 Å². The number of imide groups is 2. The quantitative estimate of drug-likeness (QED) is 0.185. The lowest BCUT2D eigenvalue weighted by molar-refractivity contribution is -0.136. The molecule has 4 aromatic rings. The molecule has 2 aromatic carbocycles. The number of likely N-dealkylation sites (N-methyl/N-ethyl adjacent to an activating group) is 1. The Kier molecular flexibility index (Phi) is 12.0. The van der Waals surface area contributed by atoms with E-state index in [-0.39, 0.29) is 48.3 Å². The molecule has 5 aliphatic rings. The second kappa shape index (κ2) is 17.8. The van der Waals surface area contributed by atoms with Crippen LogP contribution in [0.5, 0.6) is 5.75 Å². The largest absolute Gasteiger partial charge is 0.478 e. The van der Waals surface area contributed by atoms with Crippen molar-refractivity contribution in [3.8, 4) is 5.75 Å². The van der Waals surface area contributed by atoms with E-state index in [0.717, 1.165) is 93.1 Å². The Labute approximate surface area is 374 Å². The third kappa shape index (κ3) is 8.36. The van der Waals surface area contributed by atoms with Crippen LogP contribution in [0.25, 0.3) is 10.9 Å². The second-order valence-electron chi connectivity index (χ2n) is 17.4. The van der Waals surface area contributed by atoms with E-state index in [2.05, 4.69) is 40.5 Å². The van der Waals surface area contributed by atoms with Crippen LogP contribution in [0.15, 0.2) is 53.5 Å². The monoisotopic (exact) mass is 893 g/mol. The number of nitrogens with one attached hydrogen (secondary N) is 3. The lowest BCUT2D eigenvalue weighted by atomic mass is 10.0. The van der Waals surface area contributed by atoms with Crippen molar-refractivity contribution in [3.63, 3.8) is 0 Å². The first-order valence-electron chi connectivity index (χ1n) is 22.0. The molecular weight excluding hydrogens is 842 g/mol. The van der Waals surface area contributed by atoms with Crippen LogP contribution in [0.3, 0.4) is 0 Å². The summed E-state index contributed by atoms with van der Waals surface area (Å²) in [6, 6.07) is 12.3. The van der Waals surface area contributed by atoms with Gasteiger partial charge in [-0.25, -0.2) is 4.98 Å². The van der Waals surface area contributed by atoms with Gasteiger partial charge < -0.3 is 29.7 Å². The summed E-state index contributed by atoms with van der Waals surface area (Å²) in [6.45, 7) is 9.73. The van der Waals surface area contributed by atoms with Crippen molar-refractivity contribution in [2.75, 3.05) is 74.7 Å². The zero-order chi connectivity index (χ0) is 44.8. The number of halogens is 1. The normalized spacial score (nSPS) is 21.2. The standard InChI is InChI=1S/C45H52ClN11O7/c1-26(2)56-35-8-5-28(19-27(35)20-37(44(56)63)64-24-39(59)47-3)49-40-34(46)22-48-45(51-40)52-16-11-29(12-17-52)54-14-4-15-55(25-54)31-13-18-53(23-31)30-6-7-32-33(21-30)43(62)57(42(32)61)36-9-10-38(58)50-41(36)60/h5-8,19-22,26,29,31,36H,4,9-18,23-25H2,1-3H3,(H,47,59)(H,48,49,51)(H,50,58,60). The average molecular weight is 894 g/mol. The Hall–Kier alpha value is -6.11. The minimum Gasteiger partial charge on any atom is -0.478 e. The van der Waals surface area contributed by atoms with Gasteiger partial charge in [0.15, 0.2) is 18.2 Å². The first-order valence-corrected chi connectivity index (χ1v) is 22.4. The van der Waals surface area contributed by atoms with E-state index in [1.54, 1.807) is 29.0 Å². The number of piperidine rings is 2. The number of anilines is 4. The third-order valence-corrected chi connectivity index (χ3v) is 13.4. The molecule has 3 N–H and O–H groups in total. The van der Waals surface area contributed by atoms with Crippen molar-refractivity contribution in [3.05, 3.63) is 75.2 Å². The summed E-state index contributed by atoms with van der Waals surface area (Å²) in [4.78, 5) is 96.2. The lowest BCUT2D eigenvalue weighted by Gasteiger charge is -2.45. The number of aromatic nitrogens is 3. The summed E-state index contributed by atoms with van der Waals surface area (Å²) >= 11 is 6.64. The van der Waals surface area contributed by atoms with Crippen LogP contribution in [0.1, 0.15) is 79.1 Å². The molecule has 9 rings (SSSR count). The molecule has 2 aromatic heterocycles. The maximum Gasteiger partial charge on any atom is 0.293 e. The highest BCUT2D eigenvalue weighted by Crippen LogP contribution is 2.34. The number of nitrogens with zero attached hydrogens (tertiary/aromatic N) is 8. The topological polar surface area (TPSA) is 195 Å². The SMILES string of the molecule is CNC(=O)COc1cc2cc(Nc3nc(N4CCC(N5CCCN(C6CCN(c7ccc8c(c7)C(=O)N(C7CCC(=O)NC7=O)C8=O)C6)C5)CC4)ncc3Cl)ccc2n(C(C)C)c1=O. The summed E-state index contributed by atoms with van der Waals surface area (Å²) in [7, 11) is 1.51. The Morgan fingerprint density at radius 3 is 2.38 bits per heavy atom. The van der Waals surface area contributed by atoms with E-state index in [0.29, 0.717) is 40.1 Å². The van der Waals surface area contributed by atoms with E-state index >= 15 is 0 Å². The van der Waals surface area contributed by atoms with Crippen LogP contribution in [0.4, 0.5) is 23.1 Å². The number of carbonyl (C=O) groups is 5. The van der Waals surface area contributed by atoms with Gasteiger partial charge in [-0.15, -0.1) is 0 Å². The number of benzene rings is 2. The molecule has 7 heterocycles. The van der Waals surface area contributed by atoms with Gasteiger partial charge in [-0.05, 0) is 88.4 Å². The molecule has 5 aliphatic heterocycles. The second-order valence-corrected chi connectivity index (χ2v) is 17.8. The molecule has 0 spiro atoms. The fourth-order valence-corrected chi connectivity index (χ4v) is 9.91. The van der Waals surface area contributed by atoms with Gasteiger partial charge in [-0.3, -0.25) is 48.8 Å². The minimum atomic E-state index is -0.987. The van der Waals surface area contributed by atoms with E-state index in [9.17, 15) is 28.8 Å². The van der Waals surface area contributed by atoms with Gasteiger partial charge in [-0.1, -0.05) is 11.6 Å². The number of hydrogen-bond donors (Lipinski definition) is 3. The fourth-order valence-electron chi connectivity index (χ4n) is 9.77. The molecule has 0 saturated carbocycles. The van der Waals surface area contributed by atoms with Gasteiger partial charge in [0.25, 0.3) is 23.3 Å². The molecule has 19 heteroatoms. The van der Waals surface area contributed by atoms with Crippen LogP contribution >= 0.6 is 11.6 Å². The molecule has 0 aliphatic carbocycles. The number of amides is 5. The van der Waals surface area contributed by atoms with Crippen LogP contribution in [0, 0.1) is 0 Å². The van der Waals surface area contributed by atoms with Crippen LogP contribution < -0.4 is 36.0 Å². The van der Waals surface area contributed by atoms with Gasteiger partial charge in [0, 0.05) is 87.6 Å². The molecular formula is C45H52ClN11O7. The van der Waals surface area contributed by atoms with Gasteiger partial charge in [0.05, 0.1) is 29.5 Å². The van der Waals surface area contributed by atoms with Gasteiger partial charge in [0.2, 0.25) is 17.8 Å². The highest BCUT2D eigenvalue weighted by Gasteiger charge is 2.45. The zero-order valence-electron chi connectivity index (χ0n) is 36.1. The summed E-state index contributed by atoms with van der Waals surface area (Å²) in [6.07, 6.45) is 5.81. The maximum atomic E-state index is 13.5. The molecule has 4 saturated heterocycles. The molecule has 0 bridgehead atoms. The molecule has 18 nitrogen and oxygen atoms in total. The van der Waals surface area contributed by atoms with Crippen molar-refractivity contribution in [1.82, 2.24) is 39.9 Å². The Bertz CT molecular complexity index is 2600. The third-order valence-electron chi connectivity index (χ3n) is 13.1. The Balaban J connectivity index is 0.807. The maximum absolute atomic E-state index is 13.5. The van der Waals surface area contributed by atoms with E-state index in [1.807, 2.05) is 38.1 Å². The predicted molar refractivity (Wildman–Crippen MR) is 240 cm³/mol. The molecule has 2 unspecified atom stereocenters. The van der Waals surface area contributed by atoms with Crippen molar-refractivity contribution >= 4 is 75.2 Å². The fraction of sp³-hybridized carbons (Fsp3) is 0.467. The van der Waals surface area contributed by atoms with Crippen molar-refractivity contribution in [1.29, 1.82) is 0 Å². The number of rotatable bonds is 11. The summed E-state index contributed by atoms with van der Waals surface area (Å²) < 4.78 is 7.28. The van der Waals surface area contributed by atoms with Gasteiger partial charge in [-0.2, -0.15) is 4.98 Å². The number of carbonyl (C=O) groups excluding carboxylic acids is 5. The average Bonchev–Trinajstić information content (AvgIpc) is 3.89. The molecule has 0 radical (unpaired) electrons. The van der Waals surface area contributed by atoms with E-state index in [1.165, 1.54) is 7.05 Å². The van der Waals surface area contributed by atoms with Crippen molar-refractivity contribution < 1.29 is 28.7 Å². The lowest BCUT2D eigenvalue weighted by Crippen LogP contribution is -2.55. The minimum absolute atomic E-state index is 0.0828. The molecule has 4 fully saturated rings. The van der Waals surface area contributed by atoms with Crippen molar-refractivity contribution in [2.45, 2.75) is 76.5 Å². The number of ether oxygens (including phenoxy) is 1. The molecule has 336 valence electrons. The summed E-state index contributed by atoms with van der Waals surface area (Å²) in [5.41, 5.74) is 2.60. The molecule has 5 amide bonds.